The molecule has 134 valence electrons. The Morgan fingerprint density at radius 3 is 1.96 bits per heavy atom. The molecule has 0 atom stereocenters. The number of hydrogen-bond acceptors (Lipinski definition) is 5. The Bertz CT molecular complexity index is 1020. The molecule has 2 aliphatic heterocycles. The van der Waals surface area contributed by atoms with Crippen LogP contribution in [0.1, 0.15) is 58.7 Å². The Hall–Kier alpha value is -3.81. The van der Waals surface area contributed by atoms with Crippen molar-refractivity contribution in [2.75, 3.05) is 6.54 Å². The first-order chi connectivity index (χ1) is 12.9. The van der Waals surface area contributed by atoms with E-state index in [1.807, 2.05) is 0 Å². The molecule has 5 amide bonds. The molecule has 4 rings (SSSR count). The fraction of sp³-hybridized carbons (Fsp3) is 0.105. The number of fused-ring (bicyclic) bond motifs is 2. The minimum Gasteiger partial charge on any atom is -0.275 e. The van der Waals surface area contributed by atoms with Crippen LogP contribution in [0.25, 0.3) is 0 Å². The van der Waals surface area contributed by atoms with Gasteiger partial charge in [-0.25, -0.2) is 0 Å². The first-order valence-corrected chi connectivity index (χ1v) is 8.23. The number of carbonyl (C=O) groups is 5. The SMILES string of the molecule is CCN1C(=O)c2ccc(C(=O)NN3C(=O)c4ccccc4C3=O)cc2C1=O. The fourth-order valence-electron chi connectivity index (χ4n) is 3.18. The largest absolute Gasteiger partial charge is 0.280 e. The lowest BCUT2D eigenvalue weighted by molar-refractivity contribution is 0.0517. The second-order valence-electron chi connectivity index (χ2n) is 6.05. The number of carbonyl (C=O) groups excluding carboxylic acids is 5. The maximum absolute atomic E-state index is 12.5. The van der Waals surface area contributed by atoms with E-state index in [-0.39, 0.29) is 34.4 Å². The van der Waals surface area contributed by atoms with Crippen molar-refractivity contribution in [1.29, 1.82) is 0 Å². The molecule has 0 bridgehead atoms. The lowest BCUT2D eigenvalue weighted by Gasteiger charge is -2.15. The molecule has 2 aliphatic rings. The summed E-state index contributed by atoms with van der Waals surface area (Å²) < 4.78 is 0. The highest BCUT2D eigenvalue weighted by molar-refractivity contribution is 6.23. The van der Waals surface area contributed by atoms with Gasteiger partial charge in [-0.3, -0.25) is 34.3 Å². The zero-order valence-electron chi connectivity index (χ0n) is 14.2. The summed E-state index contributed by atoms with van der Waals surface area (Å²) in [5.41, 5.74) is 3.08. The normalized spacial score (nSPS) is 15.3. The van der Waals surface area contributed by atoms with E-state index >= 15 is 0 Å². The van der Waals surface area contributed by atoms with Gasteiger partial charge in [-0.15, -0.1) is 0 Å². The van der Waals surface area contributed by atoms with E-state index in [4.69, 9.17) is 0 Å². The van der Waals surface area contributed by atoms with Crippen LogP contribution in [0.2, 0.25) is 0 Å². The van der Waals surface area contributed by atoms with Crippen molar-refractivity contribution < 1.29 is 24.0 Å². The van der Waals surface area contributed by atoms with Gasteiger partial charge >= 0.3 is 0 Å². The molecule has 0 aliphatic carbocycles. The van der Waals surface area contributed by atoms with E-state index in [1.165, 1.54) is 30.3 Å². The summed E-state index contributed by atoms with van der Waals surface area (Å²) in [5, 5.41) is 0.644. The van der Waals surface area contributed by atoms with Crippen LogP contribution in [0.5, 0.6) is 0 Å². The summed E-state index contributed by atoms with van der Waals surface area (Å²) in [6, 6.07) is 10.3. The topological polar surface area (TPSA) is 104 Å². The van der Waals surface area contributed by atoms with E-state index in [0.29, 0.717) is 5.01 Å². The van der Waals surface area contributed by atoms with Crippen molar-refractivity contribution in [2.45, 2.75) is 6.92 Å². The van der Waals surface area contributed by atoms with Crippen molar-refractivity contribution in [1.82, 2.24) is 15.3 Å². The minimum atomic E-state index is -0.734. The number of rotatable bonds is 3. The molecule has 0 saturated heterocycles. The standard InChI is InChI=1S/C19H13N3O5/c1-2-21-16(24)13-8-7-10(9-14(13)17(21)25)15(23)20-22-18(26)11-5-3-4-6-12(11)19(22)27/h3-9H,2H2,1H3,(H,20,23). The number of nitrogens with one attached hydrogen (secondary N) is 1. The van der Waals surface area contributed by atoms with E-state index in [0.717, 1.165) is 4.90 Å². The van der Waals surface area contributed by atoms with Gasteiger partial charge in [0.2, 0.25) is 0 Å². The van der Waals surface area contributed by atoms with Crippen LogP contribution in [0, 0.1) is 0 Å². The Morgan fingerprint density at radius 1 is 0.815 bits per heavy atom. The monoisotopic (exact) mass is 363 g/mol. The average Bonchev–Trinajstić information content (AvgIpc) is 3.07. The summed E-state index contributed by atoms with van der Waals surface area (Å²) in [6.45, 7) is 1.90. The predicted molar refractivity (Wildman–Crippen MR) is 91.9 cm³/mol. The lowest BCUT2D eigenvalue weighted by Crippen LogP contribution is -2.45. The molecule has 0 radical (unpaired) electrons. The van der Waals surface area contributed by atoms with Gasteiger partial charge in [0.15, 0.2) is 0 Å². The number of amides is 5. The third-order valence-electron chi connectivity index (χ3n) is 4.56. The van der Waals surface area contributed by atoms with E-state index in [9.17, 15) is 24.0 Å². The summed E-state index contributed by atoms with van der Waals surface area (Å²) >= 11 is 0. The van der Waals surface area contributed by atoms with Crippen molar-refractivity contribution in [3.63, 3.8) is 0 Å². The molecular weight excluding hydrogens is 350 g/mol. The fourth-order valence-corrected chi connectivity index (χ4v) is 3.18. The molecule has 0 unspecified atom stereocenters. The van der Waals surface area contributed by atoms with Crippen LogP contribution in [-0.2, 0) is 0 Å². The first-order valence-electron chi connectivity index (χ1n) is 8.23. The van der Waals surface area contributed by atoms with Crippen molar-refractivity contribution in [3.8, 4) is 0 Å². The Kier molecular flexibility index (Phi) is 3.62. The first kappa shape index (κ1) is 16.6. The lowest BCUT2D eigenvalue weighted by atomic mass is 10.1. The molecule has 2 aromatic carbocycles. The van der Waals surface area contributed by atoms with E-state index in [2.05, 4.69) is 5.43 Å². The van der Waals surface area contributed by atoms with Crippen LogP contribution in [-0.4, -0.2) is 46.0 Å². The summed E-state index contributed by atoms with van der Waals surface area (Å²) in [7, 11) is 0. The zero-order chi connectivity index (χ0) is 19.3. The van der Waals surface area contributed by atoms with Crippen molar-refractivity contribution >= 4 is 29.5 Å². The predicted octanol–water partition coefficient (Wildman–Crippen LogP) is 1.24. The summed E-state index contributed by atoms with van der Waals surface area (Å²) in [6.07, 6.45) is 0. The molecule has 27 heavy (non-hydrogen) atoms. The minimum absolute atomic E-state index is 0.0596. The second kappa shape index (κ2) is 5.87. The van der Waals surface area contributed by atoms with Crippen LogP contribution in [0.3, 0.4) is 0 Å². The molecule has 8 nitrogen and oxygen atoms in total. The third-order valence-corrected chi connectivity index (χ3v) is 4.56. The van der Waals surface area contributed by atoms with E-state index < -0.39 is 29.5 Å². The maximum atomic E-state index is 12.5. The summed E-state index contributed by atoms with van der Waals surface area (Å²) in [5.74, 6) is -2.89. The molecule has 0 spiro atoms. The molecule has 0 fully saturated rings. The number of imide groups is 2. The summed E-state index contributed by atoms with van der Waals surface area (Å²) in [4.78, 5) is 62.6. The van der Waals surface area contributed by atoms with Gasteiger partial charge in [0, 0.05) is 12.1 Å². The van der Waals surface area contributed by atoms with Gasteiger partial charge in [0.1, 0.15) is 0 Å². The average molecular weight is 363 g/mol. The Morgan fingerprint density at radius 2 is 1.37 bits per heavy atom. The van der Waals surface area contributed by atoms with Gasteiger partial charge in [-0.1, -0.05) is 12.1 Å². The number of hydrazine groups is 1. The third kappa shape index (κ3) is 2.34. The number of benzene rings is 2. The van der Waals surface area contributed by atoms with Crippen LogP contribution in [0.4, 0.5) is 0 Å². The highest BCUT2D eigenvalue weighted by atomic mass is 16.2. The molecule has 1 N–H and O–H groups in total. The quantitative estimate of drug-likeness (QED) is 0.827. The van der Waals surface area contributed by atoms with Crippen LogP contribution >= 0.6 is 0 Å². The Balaban J connectivity index is 1.60. The number of nitrogens with zero attached hydrogens (tertiary/aromatic N) is 2. The molecule has 0 aromatic heterocycles. The Labute approximate surface area is 153 Å². The smallest absolute Gasteiger partial charge is 0.275 e. The van der Waals surface area contributed by atoms with Gasteiger partial charge < -0.3 is 0 Å². The molecule has 0 saturated carbocycles. The highest BCUT2D eigenvalue weighted by Gasteiger charge is 2.38. The van der Waals surface area contributed by atoms with Crippen molar-refractivity contribution in [3.05, 3.63) is 70.3 Å². The van der Waals surface area contributed by atoms with Gasteiger partial charge in [-0.05, 0) is 37.3 Å². The maximum Gasteiger partial charge on any atom is 0.280 e. The molecule has 2 aromatic rings. The van der Waals surface area contributed by atoms with Crippen molar-refractivity contribution in [2.24, 2.45) is 0 Å². The zero-order valence-corrected chi connectivity index (χ0v) is 14.2. The second-order valence-corrected chi connectivity index (χ2v) is 6.05. The van der Waals surface area contributed by atoms with Crippen LogP contribution in [0.15, 0.2) is 42.5 Å². The molecule has 8 heteroatoms. The highest BCUT2D eigenvalue weighted by Crippen LogP contribution is 2.24. The van der Waals surface area contributed by atoms with Gasteiger partial charge in [0.25, 0.3) is 29.5 Å². The molecular formula is C19H13N3O5. The van der Waals surface area contributed by atoms with E-state index in [1.54, 1.807) is 19.1 Å². The van der Waals surface area contributed by atoms with Gasteiger partial charge in [-0.2, -0.15) is 5.01 Å². The van der Waals surface area contributed by atoms with Crippen LogP contribution < -0.4 is 5.43 Å². The molecule has 2 heterocycles. The van der Waals surface area contributed by atoms with Gasteiger partial charge in [0.05, 0.1) is 22.3 Å². The number of hydrogen-bond donors (Lipinski definition) is 1.